The Kier molecular flexibility index (Phi) is 2.62. The van der Waals surface area contributed by atoms with E-state index in [4.69, 9.17) is 4.74 Å². The van der Waals surface area contributed by atoms with Crippen molar-refractivity contribution in [3.05, 3.63) is 16.1 Å². The van der Waals surface area contributed by atoms with Crippen molar-refractivity contribution in [3.63, 3.8) is 0 Å². The van der Waals surface area contributed by atoms with E-state index in [-0.39, 0.29) is 29.9 Å². The van der Waals surface area contributed by atoms with Crippen LogP contribution in [0.3, 0.4) is 0 Å². The summed E-state index contributed by atoms with van der Waals surface area (Å²) in [5.74, 6) is 0.694. The van der Waals surface area contributed by atoms with Gasteiger partial charge in [0.2, 0.25) is 5.91 Å². The first-order valence-corrected chi connectivity index (χ1v) is 7.69. The summed E-state index contributed by atoms with van der Waals surface area (Å²) in [4.78, 5) is 28.6. The SMILES string of the molecule is Cc1ncsc1C(=O)NNC(=O)[C@@H]1C[C@@H]2O[C@H]1[C@H]1C[C@H]12. The standard InChI is InChI=1S/C13H15N3O3S/c1-5-11(20-4-14-5)13(18)16-15-12(17)8-3-9-6-2-7(6)10(8)19-9/h4,6-10H,2-3H2,1H3,(H,15,17)(H,16,18)/t6-,7+,8-,9+,10+/m1/s1. The predicted octanol–water partition coefficient (Wildman–Crippen LogP) is 0.636. The fourth-order valence-electron chi connectivity index (χ4n) is 3.50. The second-order valence-corrected chi connectivity index (χ2v) is 6.61. The molecule has 6 nitrogen and oxygen atoms in total. The monoisotopic (exact) mass is 293 g/mol. The summed E-state index contributed by atoms with van der Waals surface area (Å²) in [5, 5.41) is 0. The van der Waals surface area contributed by atoms with Crippen molar-refractivity contribution in [2.75, 3.05) is 0 Å². The maximum atomic E-state index is 12.1. The fraction of sp³-hybridized carbons (Fsp3) is 0.615. The molecule has 2 amide bonds. The average Bonchev–Trinajstić information content (AvgIpc) is 2.81. The van der Waals surface area contributed by atoms with E-state index < -0.39 is 0 Å². The van der Waals surface area contributed by atoms with E-state index in [9.17, 15) is 9.59 Å². The molecule has 0 radical (unpaired) electrons. The maximum Gasteiger partial charge on any atom is 0.281 e. The number of hydrogen-bond acceptors (Lipinski definition) is 5. The van der Waals surface area contributed by atoms with E-state index in [1.165, 1.54) is 17.8 Å². The lowest BCUT2D eigenvalue weighted by Crippen LogP contribution is -2.46. The van der Waals surface area contributed by atoms with Crippen LogP contribution in [-0.4, -0.2) is 29.0 Å². The number of rotatable bonds is 2. The third kappa shape index (κ3) is 1.76. The maximum absolute atomic E-state index is 12.1. The molecule has 3 fully saturated rings. The lowest BCUT2D eigenvalue weighted by Gasteiger charge is -2.18. The van der Waals surface area contributed by atoms with Crippen LogP contribution >= 0.6 is 11.3 Å². The number of ether oxygens (including phenoxy) is 1. The molecule has 5 atom stereocenters. The van der Waals surface area contributed by atoms with Gasteiger partial charge in [-0.05, 0) is 31.6 Å². The summed E-state index contributed by atoms with van der Waals surface area (Å²) in [5.41, 5.74) is 7.28. The Balaban J connectivity index is 1.35. The number of hydrogen-bond donors (Lipinski definition) is 2. The first-order chi connectivity index (χ1) is 9.65. The normalized spacial score (nSPS) is 36.5. The van der Waals surface area contributed by atoms with Crippen molar-refractivity contribution >= 4 is 23.2 Å². The molecule has 2 aliphatic heterocycles. The second-order valence-electron chi connectivity index (χ2n) is 5.76. The summed E-state index contributed by atoms with van der Waals surface area (Å²) in [6.07, 6.45) is 2.31. The number of aryl methyl sites for hydroxylation is 1. The number of carbonyl (C=O) groups excluding carboxylic acids is 2. The second kappa shape index (κ2) is 4.26. The Morgan fingerprint density at radius 3 is 2.85 bits per heavy atom. The van der Waals surface area contributed by atoms with Gasteiger partial charge in [0, 0.05) is 0 Å². The van der Waals surface area contributed by atoms with Crippen LogP contribution in [0.1, 0.15) is 28.2 Å². The van der Waals surface area contributed by atoms with Crippen LogP contribution in [0.5, 0.6) is 0 Å². The Hall–Kier alpha value is -1.47. The minimum atomic E-state index is -0.313. The van der Waals surface area contributed by atoms with Crippen LogP contribution in [0.4, 0.5) is 0 Å². The molecule has 0 aromatic carbocycles. The quantitative estimate of drug-likeness (QED) is 0.784. The first-order valence-electron chi connectivity index (χ1n) is 6.81. The topological polar surface area (TPSA) is 80.3 Å². The van der Waals surface area contributed by atoms with E-state index in [2.05, 4.69) is 15.8 Å². The van der Waals surface area contributed by atoms with E-state index in [1.54, 1.807) is 12.4 Å². The third-order valence-corrected chi connectivity index (χ3v) is 5.52. The van der Waals surface area contributed by atoms with Crippen LogP contribution < -0.4 is 10.9 Å². The zero-order chi connectivity index (χ0) is 13.9. The number of hydrazine groups is 1. The molecule has 20 heavy (non-hydrogen) atoms. The smallest absolute Gasteiger partial charge is 0.281 e. The van der Waals surface area contributed by atoms with Gasteiger partial charge in [0.25, 0.3) is 5.91 Å². The minimum absolute atomic E-state index is 0.0621. The minimum Gasteiger partial charge on any atom is -0.374 e. The van der Waals surface area contributed by atoms with Gasteiger partial charge in [0.05, 0.1) is 29.3 Å². The van der Waals surface area contributed by atoms with Gasteiger partial charge in [0.15, 0.2) is 0 Å². The fourth-order valence-corrected chi connectivity index (χ4v) is 4.19. The van der Waals surface area contributed by atoms with Crippen LogP contribution in [0, 0.1) is 24.7 Å². The number of carbonyl (C=O) groups is 2. The van der Waals surface area contributed by atoms with E-state index in [0.29, 0.717) is 22.4 Å². The number of fused-ring (bicyclic) bond motifs is 5. The third-order valence-electron chi connectivity index (χ3n) is 4.59. The molecule has 1 saturated carbocycles. The predicted molar refractivity (Wildman–Crippen MR) is 70.8 cm³/mol. The molecule has 7 heteroatoms. The highest BCUT2D eigenvalue weighted by Crippen LogP contribution is 2.60. The van der Waals surface area contributed by atoms with E-state index in [0.717, 1.165) is 6.42 Å². The van der Waals surface area contributed by atoms with Gasteiger partial charge in [-0.1, -0.05) is 0 Å². The van der Waals surface area contributed by atoms with Crippen molar-refractivity contribution in [3.8, 4) is 0 Å². The number of nitrogens with one attached hydrogen (secondary N) is 2. The van der Waals surface area contributed by atoms with Crippen LogP contribution in [-0.2, 0) is 9.53 Å². The zero-order valence-corrected chi connectivity index (χ0v) is 11.8. The average molecular weight is 293 g/mol. The lowest BCUT2D eigenvalue weighted by molar-refractivity contribution is -0.127. The molecular formula is C13H15N3O3S. The summed E-state index contributed by atoms with van der Waals surface area (Å²) in [6, 6.07) is 0. The molecular weight excluding hydrogens is 278 g/mol. The van der Waals surface area contributed by atoms with Crippen molar-refractivity contribution < 1.29 is 14.3 Å². The van der Waals surface area contributed by atoms with Gasteiger partial charge in [0.1, 0.15) is 4.88 Å². The van der Waals surface area contributed by atoms with E-state index >= 15 is 0 Å². The molecule has 0 spiro atoms. The molecule has 4 rings (SSSR count). The Morgan fingerprint density at radius 2 is 2.20 bits per heavy atom. The van der Waals surface area contributed by atoms with E-state index in [1.807, 2.05) is 0 Å². The summed E-state index contributed by atoms with van der Waals surface area (Å²) >= 11 is 1.26. The summed E-state index contributed by atoms with van der Waals surface area (Å²) in [7, 11) is 0. The molecule has 1 aromatic rings. The van der Waals surface area contributed by atoms with Crippen LogP contribution in [0.15, 0.2) is 5.51 Å². The molecule has 3 aliphatic rings. The molecule has 3 heterocycles. The summed E-state index contributed by atoms with van der Waals surface area (Å²) < 4.78 is 5.78. The van der Waals surface area contributed by atoms with Crippen molar-refractivity contribution in [2.24, 2.45) is 17.8 Å². The molecule has 2 bridgehead atoms. The van der Waals surface area contributed by atoms with Gasteiger partial charge in [-0.2, -0.15) is 0 Å². The highest BCUT2D eigenvalue weighted by Gasteiger charge is 2.64. The number of nitrogens with zero attached hydrogens (tertiary/aromatic N) is 1. The molecule has 1 aliphatic carbocycles. The van der Waals surface area contributed by atoms with Gasteiger partial charge >= 0.3 is 0 Å². The molecule has 106 valence electrons. The van der Waals surface area contributed by atoms with Crippen molar-refractivity contribution in [1.82, 2.24) is 15.8 Å². The van der Waals surface area contributed by atoms with Gasteiger partial charge in [-0.3, -0.25) is 20.4 Å². The molecule has 2 N–H and O–H groups in total. The van der Waals surface area contributed by atoms with Crippen LogP contribution in [0.2, 0.25) is 0 Å². The number of thiazole rings is 1. The zero-order valence-electron chi connectivity index (χ0n) is 11.0. The number of amides is 2. The largest absolute Gasteiger partial charge is 0.374 e. The Labute approximate surface area is 119 Å². The Morgan fingerprint density at radius 1 is 1.35 bits per heavy atom. The first kappa shape index (κ1) is 12.3. The van der Waals surface area contributed by atoms with Crippen LogP contribution in [0.25, 0.3) is 0 Å². The Bertz CT molecular complexity index is 587. The highest BCUT2D eigenvalue weighted by molar-refractivity contribution is 7.11. The van der Waals surface area contributed by atoms with Gasteiger partial charge in [-0.15, -0.1) is 11.3 Å². The van der Waals surface area contributed by atoms with Gasteiger partial charge < -0.3 is 4.74 Å². The molecule has 0 unspecified atom stereocenters. The van der Waals surface area contributed by atoms with Gasteiger partial charge in [-0.25, -0.2) is 4.98 Å². The lowest BCUT2D eigenvalue weighted by atomic mass is 9.89. The summed E-state index contributed by atoms with van der Waals surface area (Å²) in [6.45, 7) is 1.77. The van der Waals surface area contributed by atoms with Crippen molar-refractivity contribution in [1.29, 1.82) is 0 Å². The molecule has 1 aromatic heterocycles. The molecule has 2 saturated heterocycles. The van der Waals surface area contributed by atoms with Crippen molar-refractivity contribution in [2.45, 2.75) is 32.0 Å². The number of aromatic nitrogens is 1. The highest BCUT2D eigenvalue weighted by atomic mass is 32.1.